The zero-order valence-electron chi connectivity index (χ0n) is 12.5. The van der Waals surface area contributed by atoms with E-state index in [0.717, 1.165) is 11.4 Å². The van der Waals surface area contributed by atoms with Gasteiger partial charge in [-0.1, -0.05) is 0 Å². The van der Waals surface area contributed by atoms with Crippen LogP contribution in [0.25, 0.3) is 5.65 Å². The van der Waals surface area contributed by atoms with Crippen LogP contribution in [0, 0.1) is 13.8 Å². The molecule has 0 radical (unpaired) electrons. The lowest BCUT2D eigenvalue weighted by Gasteiger charge is -2.25. The van der Waals surface area contributed by atoms with Crippen LogP contribution in [0.5, 0.6) is 0 Å². The molecule has 6 nitrogen and oxygen atoms in total. The standard InChI is InChI=1S/C14H20N4O2/c1-9-6-10(2)18-12(16-9)11(7-15-18)13(19)17(5)8-14(3,4)20/h6-7,20H,8H2,1-5H3. The smallest absolute Gasteiger partial charge is 0.259 e. The average molecular weight is 276 g/mol. The Morgan fingerprint density at radius 2 is 2.10 bits per heavy atom. The van der Waals surface area contributed by atoms with Gasteiger partial charge in [0.2, 0.25) is 0 Å². The number of amides is 1. The van der Waals surface area contributed by atoms with E-state index >= 15 is 0 Å². The van der Waals surface area contributed by atoms with E-state index in [1.54, 1.807) is 25.4 Å². The van der Waals surface area contributed by atoms with Gasteiger partial charge in [0, 0.05) is 25.0 Å². The van der Waals surface area contributed by atoms with E-state index in [0.29, 0.717) is 11.2 Å². The van der Waals surface area contributed by atoms with Crippen LogP contribution in [0.1, 0.15) is 35.6 Å². The Morgan fingerprint density at radius 3 is 2.70 bits per heavy atom. The summed E-state index contributed by atoms with van der Waals surface area (Å²) in [6, 6.07) is 1.91. The second-order valence-corrected chi connectivity index (χ2v) is 5.81. The van der Waals surface area contributed by atoms with Crippen LogP contribution in [0.3, 0.4) is 0 Å². The lowest BCUT2D eigenvalue weighted by atomic mass is 10.1. The molecule has 0 fully saturated rings. The van der Waals surface area contributed by atoms with Crippen LogP contribution in [0.4, 0.5) is 0 Å². The van der Waals surface area contributed by atoms with Crippen LogP contribution in [-0.4, -0.2) is 49.7 Å². The highest BCUT2D eigenvalue weighted by Gasteiger charge is 2.23. The third-order valence-electron chi connectivity index (χ3n) is 2.98. The summed E-state index contributed by atoms with van der Waals surface area (Å²) in [4.78, 5) is 18.3. The van der Waals surface area contributed by atoms with Crippen molar-refractivity contribution in [2.24, 2.45) is 0 Å². The molecule has 2 heterocycles. The number of hydrogen-bond acceptors (Lipinski definition) is 4. The molecule has 0 spiro atoms. The average Bonchev–Trinajstić information content (AvgIpc) is 2.69. The highest BCUT2D eigenvalue weighted by atomic mass is 16.3. The number of rotatable bonds is 3. The predicted octanol–water partition coefficient (Wildman–Crippen LogP) is 1.19. The Morgan fingerprint density at radius 1 is 1.45 bits per heavy atom. The minimum atomic E-state index is -0.938. The largest absolute Gasteiger partial charge is 0.389 e. The van der Waals surface area contributed by atoms with Crippen LogP contribution in [0.2, 0.25) is 0 Å². The molecule has 0 unspecified atom stereocenters. The van der Waals surface area contributed by atoms with E-state index in [1.165, 1.54) is 11.1 Å². The van der Waals surface area contributed by atoms with Crippen molar-refractivity contribution < 1.29 is 9.90 Å². The first-order chi connectivity index (χ1) is 9.19. The molecular weight excluding hydrogens is 256 g/mol. The number of aryl methyl sites for hydroxylation is 2. The van der Waals surface area contributed by atoms with Crippen LogP contribution >= 0.6 is 0 Å². The van der Waals surface area contributed by atoms with Crippen molar-refractivity contribution >= 4 is 11.6 Å². The highest BCUT2D eigenvalue weighted by molar-refractivity contribution is 5.99. The second-order valence-electron chi connectivity index (χ2n) is 5.81. The molecule has 0 aliphatic heterocycles. The molecule has 108 valence electrons. The minimum absolute atomic E-state index is 0.195. The summed E-state index contributed by atoms with van der Waals surface area (Å²) in [5.74, 6) is -0.195. The van der Waals surface area contributed by atoms with Crippen LogP contribution < -0.4 is 0 Å². The topological polar surface area (TPSA) is 70.7 Å². The van der Waals surface area contributed by atoms with E-state index in [2.05, 4.69) is 10.1 Å². The van der Waals surface area contributed by atoms with E-state index in [-0.39, 0.29) is 12.5 Å². The van der Waals surface area contributed by atoms with Gasteiger partial charge in [-0.05, 0) is 33.8 Å². The normalized spacial score (nSPS) is 11.9. The Hall–Kier alpha value is -1.95. The van der Waals surface area contributed by atoms with Gasteiger partial charge >= 0.3 is 0 Å². The van der Waals surface area contributed by atoms with Gasteiger partial charge in [0.1, 0.15) is 5.56 Å². The van der Waals surface area contributed by atoms with Gasteiger partial charge in [0.25, 0.3) is 5.91 Å². The summed E-state index contributed by atoms with van der Waals surface area (Å²) in [7, 11) is 1.66. The number of aliphatic hydroxyl groups is 1. The number of aromatic nitrogens is 3. The molecule has 1 N–H and O–H groups in total. The Balaban J connectivity index is 2.41. The van der Waals surface area contributed by atoms with Crippen molar-refractivity contribution in [3.8, 4) is 0 Å². The van der Waals surface area contributed by atoms with Crippen molar-refractivity contribution in [3.05, 3.63) is 29.2 Å². The van der Waals surface area contributed by atoms with Gasteiger partial charge < -0.3 is 10.0 Å². The van der Waals surface area contributed by atoms with Crippen LogP contribution in [-0.2, 0) is 0 Å². The minimum Gasteiger partial charge on any atom is -0.389 e. The molecule has 0 aromatic carbocycles. The fourth-order valence-electron chi connectivity index (χ4n) is 2.28. The van der Waals surface area contributed by atoms with Crippen molar-refractivity contribution in [1.82, 2.24) is 19.5 Å². The van der Waals surface area contributed by atoms with Gasteiger partial charge in [-0.3, -0.25) is 4.79 Å². The molecule has 2 rings (SSSR count). The summed E-state index contributed by atoms with van der Waals surface area (Å²) in [6.45, 7) is 7.38. The molecule has 20 heavy (non-hydrogen) atoms. The van der Waals surface area contributed by atoms with Crippen molar-refractivity contribution in [2.45, 2.75) is 33.3 Å². The maximum Gasteiger partial charge on any atom is 0.259 e. The van der Waals surface area contributed by atoms with Crippen molar-refractivity contribution in [2.75, 3.05) is 13.6 Å². The molecule has 0 atom stereocenters. The maximum atomic E-state index is 12.4. The summed E-state index contributed by atoms with van der Waals surface area (Å²) in [6.07, 6.45) is 1.53. The molecule has 6 heteroatoms. The number of nitrogens with zero attached hydrogens (tertiary/aromatic N) is 4. The van der Waals surface area contributed by atoms with Crippen molar-refractivity contribution in [1.29, 1.82) is 0 Å². The fourth-order valence-corrected chi connectivity index (χ4v) is 2.28. The molecule has 0 saturated heterocycles. The SMILES string of the molecule is Cc1cc(C)n2ncc(C(=O)N(C)CC(C)(C)O)c2n1. The number of carbonyl (C=O) groups is 1. The Labute approximate surface area is 118 Å². The number of likely N-dealkylation sites (N-methyl/N-ethyl adjacent to an activating group) is 1. The van der Waals surface area contributed by atoms with E-state index in [4.69, 9.17) is 0 Å². The number of hydrogen-bond donors (Lipinski definition) is 1. The van der Waals surface area contributed by atoms with Gasteiger partial charge in [0.05, 0.1) is 11.8 Å². The third-order valence-corrected chi connectivity index (χ3v) is 2.98. The molecule has 2 aromatic heterocycles. The van der Waals surface area contributed by atoms with Crippen LogP contribution in [0.15, 0.2) is 12.3 Å². The summed E-state index contributed by atoms with van der Waals surface area (Å²) < 4.78 is 1.65. The predicted molar refractivity (Wildman–Crippen MR) is 75.7 cm³/mol. The zero-order valence-corrected chi connectivity index (χ0v) is 12.5. The summed E-state index contributed by atoms with van der Waals surface area (Å²) in [5, 5.41) is 14.0. The molecule has 0 aliphatic carbocycles. The lowest BCUT2D eigenvalue weighted by molar-refractivity contribution is 0.0368. The van der Waals surface area contributed by atoms with Gasteiger partial charge in [-0.2, -0.15) is 5.10 Å². The van der Waals surface area contributed by atoms with Crippen molar-refractivity contribution in [3.63, 3.8) is 0 Å². The van der Waals surface area contributed by atoms with Gasteiger partial charge in [-0.25, -0.2) is 9.50 Å². The monoisotopic (exact) mass is 276 g/mol. The first-order valence-corrected chi connectivity index (χ1v) is 6.49. The zero-order chi connectivity index (χ0) is 15.1. The first-order valence-electron chi connectivity index (χ1n) is 6.49. The number of fused-ring (bicyclic) bond motifs is 1. The molecule has 0 saturated carbocycles. The number of carbonyl (C=O) groups excluding carboxylic acids is 1. The second kappa shape index (κ2) is 4.86. The lowest BCUT2D eigenvalue weighted by Crippen LogP contribution is -2.39. The Bertz CT molecular complexity index is 655. The van der Waals surface area contributed by atoms with Gasteiger partial charge in [0.15, 0.2) is 5.65 Å². The molecular formula is C14H20N4O2. The molecule has 0 aliphatic rings. The summed E-state index contributed by atoms with van der Waals surface area (Å²) >= 11 is 0. The van der Waals surface area contributed by atoms with E-state index in [1.807, 2.05) is 19.9 Å². The van der Waals surface area contributed by atoms with Gasteiger partial charge in [-0.15, -0.1) is 0 Å². The third kappa shape index (κ3) is 2.80. The maximum absolute atomic E-state index is 12.4. The molecule has 2 aromatic rings. The molecule has 0 bridgehead atoms. The van der Waals surface area contributed by atoms with E-state index in [9.17, 15) is 9.90 Å². The van der Waals surface area contributed by atoms with E-state index < -0.39 is 5.60 Å². The fraction of sp³-hybridized carbons (Fsp3) is 0.500. The highest BCUT2D eigenvalue weighted by Crippen LogP contribution is 2.15. The summed E-state index contributed by atoms with van der Waals surface area (Å²) in [5.41, 5.74) is 1.83. The quantitative estimate of drug-likeness (QED) is 0.914. The Kier molecular flexibility index (Phi) is 3.52. The molecule has 1 amide bonds. The first kappa shape index (κ1) is 14.5.